The van der Waals surface area contributed by atoms with Gasteiger partial charge in [0.05, 0.1) is 26.8 Å². The molecule has 190 valence electrons. The lowest BCUT2D eigenvalue weighted by Crippen LogP contribution is -2.29. The van der Waals surface area contributed by atoms with Crippen molar-refractivity contribution in [1.29, 1.82) is 0 Å². The van der Waals surface area contributed by atoms with Gasteiger partial charge in [0.2, 0.25) is 0 Å². The van der Waals surface area contributed by atoms with Crippen molar-refractivity contribution < 1.29 is 29.1 Å². The van der Waals surface area contributed by atoms with E-state index in [1.54, 1.807) is 36.4 Å². The highest BCUT2D eigenvalue weighted by Gasteiger charge is 2.48. The summed E-state index contributed by atoms with van der Waals surface area (Å²) in [7, 11) is 0. The van der Waals surface area contributed by atoms with Crippen molar-refractivity contribution in [2.24, 2.45) is 0 Å². The molecule has 3 heterocycles. The third-order valence-electron chi connectivity index (χ3n) is 6.20. The molecule has 38 heavy (non-hydrogen) atoms. The van der Waals surface area contributed by atoms with Crippen LogP contribution in [-0.4, -0.2) is 39.9 Å². The number of rotatable bonds is 4. The molecule has 2 aliphatic rings. The topological polar surface area (TPSA) is 132 Å². The molecule has 1 amide bonds. The van der Waals surface area contributed by atoms with Gasteiger partial charge in [-0.2, -0.15) is 0 Å². The molecule has 3 aromatic carbocycles. The van der Waals surface area contributed by atoms with Gasteiger partial charge < -0.3 is 14.6 Å². The molecule has 0 radical (unpaired) electrons. The van der Waals surface area contributed by atoms with Crippen molar-refractivity contribution in [3.8, 4) is 11.5 Å². The maximum atomic E-state index is 13.4. The Labute approximate surface area is 223 Å². The van der Waals surface area contributed by atoms with Crippen molar-refractivity contribution in [2.45, 2.75) is 6.04 Å². The number of fused-ring (bicyclic) bond motifs is 2. The summed E-state index contributed by atoms with van der Waals surface area (Å²) in [5, 5.41) is 23.6. The van der Waals surface area contributed by atoms with Crippen LogP contribution >= 0.6 is 22.9 Å². The third-order valence-corrected chi connectivity index (χ3v) is 7.45. The van der Waals surface area contributed by atoms with E-state index in [0.717, 1.165) is 16.2 Å². The zero-order valence-electron chi connectivity index (χ0n) is 19.3. The standard InChI is InChI=1S/C26H16ClN3O7S/c27-15-5-6-17-20(12-15)38-26(28-17)29-22(13-2-1-3-16(10-13)30(34)35)21(24(32)25(29)33)23(31)14-4-7-18-19(11-14)37-9-8-36-18/h1-7,10-12,22,31H,8-9H2/t22-/m0/s1. The average Bonchev–Trinajstić information content (AvgIpc) is 3.45. The normalized spacial score (nSPS) is 18.2. The molecule has 0 spiro atoms. The van der Waals surface area contributed by atoms with Crippen LogP contribution in [0.5, 0.6) is 11.5 Å². The lowest BCUT2D eigenvalue weighted by molar-refractivity contribution is -0.384. The molecule has 6 rings (SSSR count). The Morgan fingerprint density at radius 1 is 1.08 bits per heavy atom. The predicted octanol–water partition coefficient (Wildman–Crippen LogP) is 5.26. The highest BCUT2D eigenvalue weighted by Crippen LogP contribution is 2.45. The lowest BCUT2D eigenvalue weighted by Gasteiger charge is -2.23. The molecule has 0 aliphatic carbocycles. The number of ketones is 1. The van der Waals surface area contributed by atoms with Gasteiger partial charge in [0.25, 0.3) is 11.5 Å². The van der Waals surface area contributed by atoms with Gasteiger partial charge in [0.15, 0.2) is 16.6 Å². The van der Waals surface area contributed by atoms with Gasteiger partial charge in [-0.3, -0.25) is 24.6 Å². The summed E-state index contributed by atoms with van der Waals surface area (Å²) in [6.45, 7) is 0.695. The number of nitro groups is 1. The molecule has 4 aromatic rings. The van der Waals surface area contributed by atoms with Crippen molar-refractivity contribution in [1.82, 2.24) is 4.98 Å². The number of hydrogen-bond donors (Lipinski definition) is 1. The van der Waals surface area contributed by atoms with E-state index in [4.69, 9.17) is 21.1 Å². The second-order valence-electron chi connectivity index (χ2n) is 8.49. The minimum atomic E-state index is -1.18. The van der Waals surface area contributed by atoms with E-state index in [0.29, 0.717) is 40.0 Å². The number of non-ortho nitro benzene ring substituents is 1. The second kappa shape index (κ2) is 9.12. The Bertz CT molecular complexity index is 1700. The molecule has 10 nitrogen and oxygen atoms in total. The predicted molar refractivity (Wildman–Crippen MR) is 140 cm³/mol. The Balaban J connectivity index is 1.56. The number of aliphatic hydroxyl groups excluding tert-OH is 1. The van der Waals surface area contributed by atoms with Crippen LogP contribution in [0.4, 0.5) is 10.8 Å². The van der Waals surface area contributed by atoms with E-state index in [-0.39, 0.29) is 27.5 Å². The molecule has 1 atom stereocenters. The smallest absolute Gasteiger partial charge is 0.301 e. The number of benzene rings is 3. The second-order valence-corrected chi connectivity index (χ2v) is 9.93. The van der Waals surface area contributed by atoms with Gasteiger partial charge >= 0.3 is 5.91 Å². The molecule has 1 aromatic heterocycles. The monoisotopic (exact) mass is 549 g/mol. The summed E-state index contributed by atoms with van der Waals surface area (Å²) in [6.07, 6.45) is 0. The molecule has 0 bridgehead atoms. The SMILES string of the molecule is O=C1C(=O)N(c2nc3ccc(Cl)cc3s2)[C@@H](c2cccc([N+](=O)[O-])c2)C1=C(O)c1ccc2c(c1)OCCO2. The van der Waals surface area contributed by atoms with Gasteiger partial charge in [0, 0.05) is 22.7 Å². The maximum absolute atomic E-state index is 13.4. The van der Waals surface area contributed by atoms with Gasteiger partial charge in [-0.15, -0.1) is 0 Å². The summed E-state index contributed by atoms with van der Waals surface area (Å²) < 4.78 is 11.8. The van der Waals surface area contributed by atoms with Gasteiger partial charge in [-0.25, -0.2) is 4.98 Å². The first-order valence-electron chi connectivity index (χ1n) is 11.3. The first kappa shape index (κ1) is 23.9. The minimum Gasteiger partial charge on any atom is -0.507 e. The summed E-state index contributed by atoms with van der Waals surface area (Å²) in [6, 6.07) is 14.1. The summed E-state index contributed by atoms with van der Waals surface area (Å²) in [4.78, 5) is 43.5. The number of aromatic nitrogens is 1. The van der Waals surface area contributed by atoms with Crippen LogP contribution in [0.3, 0.4) is 0 Å². The number of ether oxygens (including phenoxy) is 2. The highest BCUT2D eigenvalue weighted by atomic mass is 35.5. The van der Waals surface area contributed by atoms with Crippen LogP contribution < -0.4 is 14.4 Å². The van der Waals surface area contributed by atoms with E-state index in [2.05, 4.69) is 4.98 Å². The number of Topliss-reactive ketones (excluding diaryl/α,β-unsaturated/α-hetero) is 1. The molecule has 1 N–H and O–H groups in total. The highest BCUT2D eigenvalue weighted by molar-refractivity contribution is 7.22. The van der Waals surface area contributed by atoms with Gasteiger partial charge in [-0.1, -0.05) is 35.1 Å². The third kappa shape index (κ3) is 3.92. The first-order chi connectivity index (χ1) is 18.3. The Morgan fingerprint density at radius 3 is 2.66 bits per heavy atom. The van der Waals surface area contributed by atoms with Crippen molar-refractivity contribution in [3.05, 3.63) is 92.5 Å². The number of thiazole rings is 1. The van der Waals surface area contributed by atoms with E-state index in [1.165, 1.54) is 24.3 Å². The van der Waals surface area contributed by atoms with Crippen molar-refractivity contribution in [3.63, 3.8) is 0 Å². The van der Waals surface area contributed by atoms with E-state index in [9.17, 15) is 24.8 Å². The van der Waals surface area contributed by atoms with Crippen LogP contribution in [0.2, 0.25) is 5.02 Å². The molecule has 1 fully saturated rings. The van der Waals surface area contributed by atoms with E-state index in [1.807, 2.05) is 0 Å². The molecular formula is C26H16ClN3O7S. The number of nitro benzene ring substituents is 1. The van der Waals surface area contributed by atoms with Gasteiger partial charge in [0.1, 0.15) is 19.0 Å². The summed E-state index contributed by atoms with van der Waals surface area (Å²) in [5.41, 5.74) is 0.572. The molecular weight excluding hydrogens is 534 g/mol. The molecule has 0 unspecified atom stereocenters. The fourth-order valence-corrected chi connectivity index (χ4v) is 5.76. The fourth-order valence-electron chi connectivity index (χ4n) is 4.49. The van der Waals surface area contributed by atoms with Crippen molar-refractivity contribution in [2.75, 3.05) is 18.1 Å². The number of anilines is 1. The average molecular weight is 550 g/mol. The van der Waals surface area contributed by atoms with Crippen LogP contribution in [0, 0.1) is 10.1 Å². The van der Waals surface area contributed by atoms with Gasteiger partial charge in [-0.05, 0) is 42.0 Å². The number of carbonyl (C=O) groups is 2. The Kier molecular flexibility index (Phi) is 5.73. The zero-order valence-corrected chi connectivity index (χ0v) is 20.9. The number of aliphatic hydroxyl groups is 1. The molecule has 12 heteroatoms. The number of amides is 1. The van der Waals surface area contributed by atoms with Crippen LogP contribution in [-0.2, 0) is 9.59 Å². The summed E-state index contributed by atoms with van der Waals surface area (Å²) >= 11 is 7.25. The van der Waals surface area contributed by atoms with Crippen LogP contribution in [0.1, 0.15) is 17.2 Å². The Hall–Kier alpha value is -4.48. The van der Waals surface area contributed by atoms with Crippen LogP contribution in [0.25, 0.3) is 16.0 Å². The zero-order chi connectivity index (χ0) is 26.6. The minimum absolute atomic E-state index is 0.182. The number of hydrogen-bond acceptors (Lipinski definition) is 9. The van der Waals surface area contributed by atoms with Crippen LogP contribution in [0.15, 0.2) is 66.2 Å². The Morgan fingerprint density at radius 2 is 1.87 bits per heavy atom. The molecule has 2 aliphatic heterocycles. The number of carbonyl (C=O) groups excluding carboxylic acids is 2. The number of halogens is 1. The van der Waals surface area contributed by atoms with Crippen molar-refractivity contribution >= 4 is 61.4 Å². The first-order valence-corrected chi connectivity index (χ1v) is 12.5. The summed E-state index contributed by atoms with van der Waals surface area (Å²) in [5.74, 6) is -1.47. The quantitative estimate of drug-likeness (QED) is 0.120. The molecule has 0 saturated carbocycles. The van der Waals surface area contributed by atoms with E-state index >= 15 is 0 Å². The number of nitrogens with zero attached hydrogens (tertiary/aromatic N) is 3. The van der Waals surface area contributed by atoms with E-state index < -0.39 is 28.4 Å². The maximum Gasteiger partial charge on any atom is 0.301 e. The lowest BCUT2D eigenvalue weighted by atomic mass is 9.95. The largest absolute Gasteiger partial charge is 0.507 e. The molecule has 1 saturated heterocycles. The fraction of sp³-hybridized carbons (Fsp3) is 0.115.